The van der Waals surface area contributed by atoms with Gasteiger partial charge in [-0.05, 0) is 19.3 Å². The van der Waals surface area contributed by atoms with Crippen LogP contribution in [-0.2, 0) is 4.79 Å². The number of carbonyl (C=O) groups excluding carboxylic acids is 1. The third kappa shape index (κ3) is 10.9. The molecule has 0 atom stereocenters. The molecular formula is C12H18O. The van der Waals surface area contributed by atoms with E-state index in [2.05, 4.69) is 31.2 Å². The average Bonchev–Trinajstić information content (AvgIpc) is 2.16. The van der Waals surface area contributed by atoms with E-state index in [4.69, 9.17) is 0 Å². The zero-order valence-corrected chi connectivity index (χ0v) is 8.28. The highest BCUT2D eigenvalue weighted by molar-refractivity contribution is 5.51. The van der Waals surface area contributed by atoms with Crippen LogP contribution < -0.4 is 0 Å². The van der Waals surface area contributed by atoms with Gasteiger partial charge in [0.25, 0.3) is 0 Å². The van der Waals surface area contributed by atoms with Crippen LogP contribution in [0.25, 0.3) is 0 Å². The minimum absolute atomic E-state index is 0.531. The molecule has 0 aliphatic rings. The molecule has 0 radical (unpaired) electrons. The topological polar surface area (TPSA) is 17.1 Å². The number of carbonyl (C=O) groups is 1. The maximum atomic E-state index is 9.93. The van der Waals surface area contributed by atoms with E-state index in [1.807, 2.05) is 12.2 Å². The summed E-state index contributed by atoms with van der Waals surface area (Å²) in [6.07, 6.45) is 16.9. The third-order valence-corrected chi connectivity index (χ3v) is 1.51. The molecule has 0 unspecified atom stereocenters. The Labute approximate surface area is 80.8 Å². The van der Waals surface area contributed by atoms with E-state index < -0.39 is 0 Å². The summed E-state index contributed by atoms with van der Waals surface area (Å²) in [5.74, 6) is 0. The van der Waals surface area contributed by atoms with Crippen LogP contribution in [0, 0.1) is 0 Å². The van der Waals surface area contributed by atoms with Crippen LogP contribution in [0.4, 0.5) is 0 Å². The van der Waals surface area contributed by atoms with Crippen molar-refractivity contribution in [1.82, 2.24) is 0 Å². The molecule has 0 N–H and O–H groups in total. The first-order valence-electron chi connectivity index (χ1n) is 4.80. The van der Waals surface area contributed by atoms with Crippen molar-refractivity contribution in [2.45, 2.75) is 32.6 Å². The number of rotatable bonds is 7. The fraction of sp³-hybridized carbons (Fsp3) is 0.417. The Bertz CT molecular complexity index is 187. The lowest BCUT2D eigenvalue weighted by atomic mass is 10.2. The van der Waals surface area contributed by atoms with Gasteiger partial charge in [-0.25, -0.2) is 0 Å². The molecule has 0 saturated heterocycles. The van der Waals surface area contributed by atoms with Crippen LogP contribution in [-0.4, -0.2) is 6.29 Å². The van der Waals surface area contributed by atoms with Crippen molar-refractivity contribution in [3.8, 4) is 0 Å². The van der Waals surface area contributed by atoms with Crippen molar-refractivity contribution in [3.05, 3.63) is 36.5 Å². The predicted octanol–water partition coefficient (Wildman–Crippen LogP) is 3.43. The first-order valence-corrected chi connectivity index (χ1v) is 4.80. The van der Waals surface area contributed by atoms with Gasteiger partial charge in [0.1, 0.15) is 6.29 Å². The Morgan fingerprint density at radius 2 is 1.23 bits per heavy atom. The number of hydrogen-bond donors (Lipinski definition) is 0. The van der Waals surface area contributed by atoms with Crippen LogP contribution in [0.1, 0.15) is 32.6 Å². The number of hydrogen-bond acceptors (Lipinski definition) is 1. The van der Waals surface area contributed by atoms with Crippen LogP contribution in [0.2, 0.25) is 0 Å². The molecule has 0 bridgehead atoms. The second-order valence-electron chi connectivity index (χ2n) is 2.70. The third-order valence-electron chi connectivity index (χ3n) is 1.51. The van der Waals surface area contributed by atoms with E-state index in [1.165, 1.54) is 0 Å². The minimum Gasteiger partial charge on any atom is -0.303 e. The molecule has 72 valence electrons. The van der Waals surface area contributed by atoms with Crippen LogP contribution in [0.3, 0.4) is 0 Å². The summed E-state index contributed by atoms with van der Waals surface area (Å²) in [5.41, 5.74) is 0. The van der Waals surface area contributed by atoms with Gasteiger partial charge in [-0.15, -0.1) is 0 Å². The Morgan fingerprint density at radius 3 is 1.69 bits per heavy atom. The normalized spacial score (nSPS) is 12.1. The molecule has 1 nitrogen and oxygen atoms in total. The highest BCUT2D eigenvalue weighted by Gasteiger charge is 1.73. The summed E-state index contributed by atoms with van der Waals surface area (Å²) < 4.78 is 0. The van der Waals surface area contributed by atoms with E-state index in [0.29, 0.717) is 6.42 Å². The Hall–Kier alpha value is -1.11. The van der Waals surface area contributed by atoms with Gasteiger partial charge in [0.2, 0.25) is 0 Å². The summed E-state index contributed by atoms with van der Waals surface area (Å²) in [4.78, 5) is 9.93. The van der Waals surface area contributed by atoms with Gasteiger partial charge < -0.3 is 4.79 Å². The lowest BCUT2D eigenvalue weighted by Crippen LogP contribution is -1.66. The average molecular weight is 178 g/mol. The smallest absolute Gasteiger partial charge is 0.123 e. The molecule has 0 aromatic rings. The van der Waals surface area contributed by atoms with Gasteiger partial charge in [-0.3, -0.25) is 0 Å². The number of aldehydes is 1. The van der Waals surface area contributed by atoms with Crippen molar-refractivity contribution in [2.75, 3.05) is 0 Å². The number of allylic oxidation sites excluding steroid dienone is 6. The standard InChI is InChI=1S/C12H18O/c1-2-3-4-5-6-7-8-9-10-11-12-13/h3-4,6-7,9-10,12H,2,5,8,11H2,1H3/b4-3-,7-6-,10-9-. The lowest BCUT2D eigenvalue weighted by Gasteiger charge is -1.82. The Kier molecular flexibility index (Phi) is 9.96. The zero-order valence-electron chi connectivity index (χ0n) is 8.28. The molecular weight excluding hydrogens is 160 g/mol. The fourth-order valence-corrected chi connectivity index (χ4v) is 0.860. The molecule has 1 heteroatoms. The van der Waals surface area contributed by atoms with E-state index in [9.17, 15) is 4.79 Å². The Morgan fingerprint density at radius 1 is 0.769 bits per heavy atom. The van der Waals surface area contributed by atoms with Crippen LogP contribution in [0.15, 0.2) is 36.5 Å². The SMILES string of the molecule is CC/C=C\C/C=C\C/C=C\CC=O. The van der Waals surface area contributed by atoms with E-state index in [0.717, 1.165) is 25.5 Å². The monoisotopic (exact) mass is 178 g/mol. The summed E-state index contributed by atoms with van der Waals surface area (Å²) >= 11 is 0. The van der Waals surface area contributed by atoms with Gasteiger partial charge in [-0.1, -0.05) is 43.4 Å². The molecule has 0 saturated carbocycles. The Balaban J connectivity index is 3.30. The molecule has 0 aromatic carbocycles. The summed E-state index contributed by atoms with van der Waals surface area (Å²) in [5, 5.41) is 0. The summed E-state index contributed by atoms with van der Waals surface area (Å²) in [7, 11) is 0. The molecule has 0 aliphatic carbocycles. The zero-order chi connectivity index (χ0) is 9.78. The van der Waals surface area contributed by atoms with Gasteiger partial charge in [0, 0.05) is 6.42 Å². The predicted molar refractivity (Wildman–Crippen MR) is 57.6 cm³/mol. The quantitative estimate of drug-likeness (QED) is 0.431. The molecule has 0 heterocycles. The van der Waals surface area contributed by atoms with Gasteiger partial charge >= 0.3 is 0 Å². The first kappa shape index (κ1) is 11.9. The molecule has 0 amide bonds. The largest absolute Gasteiger partial charge is 0.303 e. The maximum absolute atomic E-state index is 9.93. The van der Waals surface area contributed by atoms with Crippen molar-refractivity contribution in [2.24, 2.45) is 0 Å². The summed E-state index contributed by atoms with van der Waals surface area (Å²) in [6, 6.07) is 0. The van der Waals surface area contributed by atoms with E-state index in [1.54, 1.807) is 0 Å². The van der Waals surface area contributed by atoms with Gasteiger partial charge in [0.05, 0.1) is 0 Å². The first-order chi connectivity index (χ1) is 6.41. The fourth-order valence-electron chi connectivity index (χ4n) is 0.860. The van der Waals surface area contributed by atoms with Crippen molar-refractivity contribution in [1.29, 1.82) is 0 Å². The van der Waals surface area contributed by atoms with Crippen LogP contribution in [0.5, 0.6) is 0 Å². The maximum Gasteiger partial charge on any atom is 0.123 e. The lowest BCUT2D eigenvalue weighted by molar-refractivity contribution is -0.107. The second-order valence-corrected chi connectivity index (χ2v) is 2.70. The molecule has 0 spiro atoms. The summed E-state index contributed by atoms with van der Waals surface area (Å²) in [6.45, 7) is 2.13. The van der Waals surface area contributed by atoms with Crippen molar-refractivity contribution in [3.63, 3.8) is 0 Å². The molecule has 0 aliphatic heterocycles. The molecule has 0 fully saturated rings. The highest BCUT2D eigenvalue weighted by atomic mass is 16.1. The van der Waals surface area contributed by atoms with Crippen molar-refractivity contribution >= 4 is 6.29 Å². The minimum atomic E-state index is 0.531. The second kappa shape index (κ2) is 10.9. The van der Waals surface area contributed by atoms with Gasteiger partial charge in [0.15, 0.2) is 0 Å². The molecule has 0 rings (SSSR count). The van der Waals surface area contributed by atoms with E-state index >= 15 is 0 Å². The van der Waals surface area contributed by atoms with E-state index in [-0.39, 0.29) is 0 Å². The highest BCUT2D eigenvalue weighted by Crippen LogP contribution is 1.92. The van der Waals surface area contributed by atoms with Crippen molar-refractivity contribution < 1.29 is 4.79 Å². The molecule has 0 aromatic heterocycles. The molecule has 13 heavy (non-hydrogen) atoms. The van der Waals surface area contributed by atoms with Gasteiger partial charge in [-0.2, -0.15) is 0 Å². The van der Waals surface area contributed by atoms with Crippen LogP contribution >= 0.6 is 0 Å².